The topological polar surface area (TPSA) is 84.0 Å². The first-order valence-electron chi connectivity index (χ1n) is 9.84. The smallest absolute Gasteiger partial charge is 0.340 e. The van der Waals surface area contributed by atoms with Gasteiger partial charge in [0.2, 0.25) is 10.0 Å². The van der Waals surface area contributed by atoms with E-state index in [0.717, 1.165) is 6.42 Å². The maximum absolute atomic E-state index is 12.7. The third-order valence-electron chi connectivity index (χ3n) is 5.05. The van der Waals surface area contributed by atoms with Crippen molar-refractivity contribution in [3.8, 4) is 0 Å². The lowest BCUT2D eigenvalue weighted by atomic mass is 9.92. The van der Waals surface area contributed by atoms with Crippen molar-refractivity contribution in [3.63, 3.8) is 0 Å². The highest BCUT2D eigenvalue weighted by molar-refractivity contribution is 7.89. The van der Waals surface area contributed by atoms with E-state index in [4.69, 9.17) is 16.3 Å². The normalized spacial score (nSPS) is 20.0. The molecule has 0 aliphatic carbocycles. The van der Waals surface area contributed by atoms with E-state index in [2.05, 4.69) is 13.8 Å². The average molecular weight is 445 g/mol. The number of amides is 1. The second-order valence-electron chi connectivity index (χ2n) is 7.55. The number of hydrogen-bond acceptors (Lipinski definition) is 5. The standard InChI is InChI=1S/C20H29ClN2O5S/c1-5-23(6-2)29(26,27)16-7-8-18(21)17(10-16)20(25)28-13-19(24)22-11-14(3)9-15(4)12-22/h7-8,10,14-15H,5-6,9,11-13H2,1-4H3/t14-,15-/m0/s1. The number of carbonyl (C=O) groups excluding carboxylic acids is 2. The molecule has 1 aromatic rings. The minimum Gasteiger partial charge on any atom is -0.452 e. The summed E-state index contributed by atoms with van der Waals surface area (Å²) in [5, 5.41) is 0.0705. The van der Waals surface area contributed by atoms with Crippen molar-refractivity contribution in [2.45, 2.75) is 39.0 Å². The summed E-state index contributed by atoms with van der Waals surface area (Å²) >= 11 is 6.09. The molecule has 0 N–H and O–H groups in total. The van der Waals surface area contributed by atoms with E-state index in [1.807, 2.05) is 0 Å². The first-order chi connectivity index (χ1) is 13.6. The largest absolute Gasteiger partial charge is 0.452 e. The number of carbonyl (C=O) groups is 2. The number of esters is 1. The number of ether oxygens (including phenoxy) is 1. The fourth-order valence-electron chi connectivity index (χ4n) is 3.70. The molecule has 0 saturated carbocycles. The lowest BCUT2D eigenvalue weighted by Gasteiger charge is -2.34. The van der Waals surface area contributed by atoms with E-state index >= 15 is 0 Å². The van der Waals surface area contributed by atoms with Gasteiger partial charge in [0.15, 0.2) is 6.61 Å². The summed E-state index contributed by atoms with van der Waals surface area (Å²) in [5.41, 5.74) is -0.0759. The Morgan fingerprint density at radius 2 is 1.76 bits per heavy atom. The molecular weight excluding hydrogens is 416 g/mol. The Morgan fingerprint density at radius 3 is 2.31 bits per heavy atom. The molecule has 0 radical (unpaired) electrons. The highest BCUT2D eigenvalue weighted by atomic mass is 35.5. The Labute approximate surface area is 178 Å². The van der Waals surface area contributed by atoms with Crippen molar-refractivity contribution in [1.29, 1.82) is 0 Å². The summed E-state index contributed by atoms with van der Waals surface area (Å²) in [6.45, 7) is 9.14. The van der Waals surface area contributed by atoms with Crippen molar-refractivity contribution in [2.24, 2.45) is 11.8 Å². The molecule has 1 aliphatic heterocycles. The van der Waals surface area contributed by atoms with Crippen molar-refractivity contribution in [3.05, 3.63) is 28.8 Å². The van der Waals surface area contributed by atoms with Gasteiger partial charge in [0.25, 0.3) is 5.91 Å². The van der Waals surface area contributed by atoms with Gasteiger partial charge < -0.3 is 9.64 Å². The Hall–Kier alpha value is -1.64. The highest BCUT2D eigenvalue weighted by Crippen LogP contribution is 2.24. The number of likely N-dealkylation sites (tertiary alicyclic amines) is 1. The molecule has 2 rings (SSSR count). The number of rotatable bonds is 7. The number of sulfonamides is 1. The predicted octanol–water partition coefficient (Wildman–Crippen LogP) is 3.03. The fourth-order valence-corrected chi connectivity index (χ4v) is 5.38. The quantitative estimate of drug-likeness (QED) is 0.603. The molecule has 1 aromatic carbocycles. The molecule has 0 spiro atoms. The molecule has 0 aromatic heterocycles. The van der Waals surface area contributed by atoms with E-state index in [0.29, 0.717) is 38.0 Å². The first kappa shape index (κ1) is 23.6. The van der Waals surface area contributed by atoms with Gasteiger partial charge in [-0.15, -0.1) is 0 Å². The Balaban J connectivity index is 2.12. The van der Waals surface area contributed by atoms with E-state index < -0.39 is 22.6 Å². The highest BCUT2D eigenvalue weighted by Gasteiger charge is 2.27. The molecule has 1 saturated heterocycles. The zero-order valence-corrected chi connectivity index (χ0v) is 18.9. The van der Waals surface area contributed by atoms with Crippen LogP contribution in [0.4, 0.5) is 0 Å². The number of halogens is 1. The Bertz CT molecular complexity index is 844. The van der Waals surface area contributed by atoms with Crippen LogP contribution in [-0.4, -0.2) is 62.3 Å². The average Bonchev–Trinajstić information content (AvgIpc) is 2.66. The molecule has 0 bridgehead atoms. The van der Waals surface area contributed by atoms with Crippen LogP contribution in [0.2, 0.25) is 5.02 Å². The third-order valence-corrected chi connectivity index (χ3v) is 7.42. The molecule has 1 fully saturated rings. The number of piperidine rings is 1. The van der Waals surface area contributed by atoms with Crippen molar-refractivity contribution < 1.29 is 22.7 Å². The minimum absolute atomic E-state index is 0.0393. The van der Waals surface area contributed by atoms with Crippen LogP contribution in [-0.2, 0) is 19.6 Å². The summed E-state index contributed by atoms with van der Waals surface area (Å²) in [4.78, 5) is 26.6. The van der Waals surface area contributed by atoms with Crippen LogP contribution >= 0.6 is 11.6 Å². The van der Waals surface area contributed by atoms with Gasteiger partial charge in [-0.05, 0) is 36.5 Å². The van der Waals surface area contributed by atoms with Crippen LogP contribution in [0.3, 0.4) is 0 Å². The molecule has 162 valence electrons. The van der Waals surface area contributed by atoms with Gasteiger partial charge in [0, 0.05) is 26.2 Å². The molecule has 2 atom stereocenters. The van der Waals surface area contributed by atoms with Gasteiger partial charge in [0.05, 0.1) is 15.5 Å². The molecule has 1 aliphatic rings. The van der Waals surface area contributed by atoms with Crippen LogP contribution in [0.25, 0.3) is 0 Å². The maximum atomic E-state index is 12.7. The lowest BCUT2D eigenvalue weighted by molar-refractivity contribution is -0.137. The molecule has 9 heteroatoms. The van der Waals surface area contributed by atoms with E-state index in [1.165, 1.54) is 22.5 Å². The minimum atomic E-state index is -3.74. The zero-order valence-electron chi connectivity index (χ0n) is 17.4. The second-order valence-corrected chi connectivity index (χ2v) is 9.90. The van der Waals surface area contributed by atoms with Gasteiger partial charge in [-0.1, -0.05) is 39.3 Å². The fraction of sp³-hybridized carbons (Fsp3) is 0.600. The zero-order chi connectivity index (χ0) is 21.8. The number of hydrogen-bond donors (Lipinski definition) is 0. The molecular formula is C20H29ClN2O5S. The molecule has 29 heavy (non-hydrogen) atoms. The van der Waals surface area contributed by atoms with Crippen LogP contribution in [0, 0.1) is 11.8 Å². The van der Waals surface area contributed by atoms with Gasteiger partial charge in [-0.3, -0.25) is 4.79 Å². The monoisotopic (exact) mass is 444 g/mol. The SMILES string of the molecule is CCN(CC)S(=O)(=O)c1ccc(Cl)c(C(=O)OCC(=O)N2C[C@@H](C)C[C@H](C)C2)c1. The van der Waals surface area contributed by atoms with Crippen LogP contribution < -0.4 is 0 Å². The van der Waals surface area contributed by atoms with Gasteiger partial charge >= 0.3 is 5.97 Å². The number of benzene rings is 1. The van der Waals surface area contributed by atoms with E-state index in [9.17, 15) is 18.0 Å². The van der Waals surface area contributed by atoms with Gasteiger partial charge in [-0.25, -0.2) is 13.2 Å². The van der Waals surface area contributed by atoms with E-state index in [-0.39, 0.29) is 21.4 Å². The summed E-state index contributed by atoms with van der Waals surface area (Å²) in [6.07, 6.45) is 1.06. The Kier molecular flexibility index (Phi) is 8.08. The number of nitrogens with zero attached hydrogens (tertiary/aromatic N) is 2. The summed E-state index contributed by atoms with van der Waals surface area (Å²) in [7, 11) is -3.74. The maximum Gasteiger partial charge on any atom is 0.340 e. The molecule has 1 amide bonds. The van der Waals surface area contributed by atoms with Gasteiger partial charge in [0.1, 0.15) is 0 Å². The van der Waals surface area contributed by atoms with Crippen LogP contribution in [0.1, 0.15) is 44.5 Å². The van der Waals surface area contributed by atoms with Crippen molar-refractivity contribution in [2.75, 3.05) is 32.8 Å². The second kappa shape index (κ2) is 9.91. The molecule has 7 nitrogen and oxygen atoms in total. The van der Waals surface area contributed by atoms with Crippen LogP contribution in [0.15, 0.2) is 23.1 Å². The van der Waals surface area contributed by atoms with E-state index in [1.54, 1.807) is 18.7 Å². The molecule has 0 unspecified atom stereocenters. The Morgan fingerprint density at radius 1 is 1.17 bits per heavy atom. The lowest BCUT2D eigenvalue weighted by Crippen LogP contribution is -2.44. The predicted molar refractivity (Wildman–Crippen MR) is 111 cm³/mol. The van der Waals surface area contributed by atoms with Crippen molar-refractivity contribution >= 4 is 33.5 Å². The summed E-state index contributed by atoms with van der Waals surface area (Å²) in [6, 6.07) is 3.91. The van der Waals surface area contributed by atoms with Crippen molar-refractivity contribution in [1.82, 2.24) is 9.21 Å². The summed E-state index contributed by atoms with van der Waals surface area (Å²) in [5.74, 6) is -0.289. The molecule has 1 heterocycles. The third kappa shape index (κ3) is 5.71. The first-order valence-corrected chi connectivity index (χ1v) is 11.7. The van der Waals surface area contributed by atoms with Gasteiger partial charge in [-0.2, -0.15) is 4.31 Å². The summed E-state index contributed by atoms with van der Waals surface area (Å²) < 4.78 is 31.8. The van der Waals surface area contributed by atoms with Crippen LogP contribution in [0.5, 0.6) is 0 Å².